The van der Waals surface area contributed by atoms with Gasteiger partial charge in [0, 0.05) is 18.2 Å². The molecule has 0 unspecified atom stereocenters. The Morgan fingerprint density at radius 3 is 2.77 bits per heavy atom. The third-order valence-corrected chi connectivity index (χ3v) is 2.68. The molecule has 1 aromatic heterocycles. The average molecular weight is 201 g/mol. The number of hydrogen-bond acceptors (Lipinski definition) is 3. The van der Waals surface area contributed by atoms with E-state index < -0.39 is 0 Å². The minimum absolute atomic E-state index is 0.511. The summed E-state index contributed by atoms with van der Waals surface area (Å²) in [6.07, 6.45) is 5.65. The highest BCUT2D eigenvalue weighted by molar-refractivity contribution is 6.17. The minimum Gasteiger partial charge on any atom is -0.425 e. The number of hydrogen-bond donors (Lipinski definition) is 0. The lowest BCUT2D eigenvalue weighted by molar-refractivity contribution is 0.420. The maximum absolute atomic E-state index is 5.58. The van der Waals surface area contributed by atoms with E-state index in [0.717, 1.165) is 5.89 Å². The van der Waals surface area contributed by atoms with Crippen molar-refractivity contribution in [2.75, 3.05) is 5.88 Å². The van der Waals surface area contributed by atoms with Gasteiger partial charge in [-0.2, -0.15) is 0 Å². The molecule has 2 rings (SSSR count). The third kappa shape index (κ3) is 2.02. The molecule has 0 aromatic carbocycles. The van der Waals surface area contributed by atoms with Crippen LogP contribution in [0.25, 0.3) is 0 Å². The van der Waals surface area contributed by atoms with Crippen molar-refractivity contribution < 1.29 is 4.42 Å². The lowest BCUT2D eigenvalue weighted by Crippen LogP contribution is -1.91. The van der Waals surface area contributed by atoms with Crippen LogP contribution in [0.5, 0.6) is 0 Å². The molecule has 1 aliphatic rings. The number of nitrogens with zero attached hydrogens (tertiary/aromatic N) is 2. The summed E-state index contributed by atoms with van der Waals surface area (Å²) in [5.74, 6) is 2.55. The molecule has 1 aliphatic carbocycles. The molecule has 0 aliphatic heterocycles. The highest BCUT2D eigenvalue weighted by Crippen LogP contribution is 2.33. The van der Waals surface area contributed by atoms with Crippen molar-refractivity contribution in [1.82, 2.24) is 10.2 Å². The standard InChI is InChI=1S/C9H13ClN2O/c10-6-5-8-11-12-9(13-8)7-3-1-2-4-7/h7H,1-6H2. The first-order valence-electron chi connectivity index (χ1n) is 4.78. The second-order valence-electron chi connectivity index (χ2n) is 3.45. The van der Waals surface area contributed by atoms with E-state index in [9.17, 15) is 0 Å². The number of aryl methyl sites for hydroxylation is 1. The van der Waals surface area contributed by atoms with Gasteiger partial charge in [-0.1, -0.05) is 12.8 Å². The van der Waals surface area contributed by atoms with E-state index in [1.807, 2.05) is 0 Å². The molecule has 0 amide bonds. The highest BCUT2D eigenvalue weighted by atomic mass is 35.5. The number of aromatic nitrogens is 2. The Balaban J connectivity index is 2.03. The molecule has 0 saturated heterocycles. The normalized spacial score (nSPS) is 18.2. The number of alkyl halides is 1. The molecular weight excluding hydrogens is 188 g/mol. The molecule has 0 bridgehead atoms. The Labute approximate surface area is 82.5 Å². The van der Waals surface area contributed by atoms with Crippen LogP contribution in [0, 0.1) is 0 Å². The van der Waals surface area contributed by atoms with E-state index in [1.54, 1.807) is 0 Å². The molecule has 1 fully saturated rings. The molecule has 1 saturated carbocycles. The van der Waals surface area contributed by atoms with Crippen molar-refractivity contribution in [2.24, 2.45) is 0 Å². The molecule has 13 heavy (non-hydrogen) atoms. The van der Waals surface area contributed by atoms with Crippen molar-refractivity contribution in [1.29, 1.82) is 0 Å². The second-order valence-corrected chi connectivity index (χ2v) is 3.83. The van der Waals surface area contributed by atoms with E-state index in [2.05, 4.69) is 10.2 Å². The van der Waals surface area contributed by atoms with Gasteiger partial charge in [-0.25, -0.2) is 0 Å². The number of rotatable bonds is 3. The van der Waals surface area contributed by atoms with Gasteiger partial charge in [0.15, 0.2) is 0 Å². The van der Waals surface area contributed by atoms with Crippen molar-refractivity contribution in [3.63, 3.8) is 0 Å². The van der Waals surface area contributed by atoms with E-state index >= 15 is 0 Å². The van der Waals surface area contributed by atoms with Crippen LogP contribution in [-0.4, -0.2) is 16.1 Å². The lowest BCUT2D eigenvalue weighted by atomic mass is 10.1. The quantitative estimate of drug-likeness (QED) is 0.704. The highest BCUT2D eigenvalue weighted by Gasteiger charge is 2.22. The number of halogens is 1. The summed E-state index contributed by atoms with van der Waals surface area (Å²) in [6, 6.07) is 0. The molecule has 0 spiro atoms. The summed E-state index contributed by atoms with van der Waals surface area (Å²) in [5.41, 5.74) is 0. The first-order chi connectivity index (χ1) is 6.40. The SMILES string of the molecule is ClCCc1nnc(C2CCCC2)o1. The summed E-state index contributed by atoms with van der Waals surface area (Å²) < 4.78 is 5.50. The summed E-state index contributed by atoms with van der Waals surface area (Å²) in [6.45, 7) is 0. The minimum atomic E-state index is 0.511. The van der Waals surface area contributed by atoms with Gasteiger partial charge in [0.25, 0.3) is 0 Å². The largest absolute Gasteiger partial charge is 0.425 e. The van der Waals surface area contributed by atoms with E-state index in [1.165, 1.54) is 25.7 Å². The third-order valence-electron chi connectivity index (χ3n) is 2.50. The lowest BCUT2D eigenvalue weighted by Gasteiger charge is -1.99. The van der Waals surface area contributed by atoms with Crippen LogP contribution in [0.15, 0.2) is 4.42 Å². The predicted molar refractivity (Wildman–Crippen MR) is 49.9 cm³/mol. The summed E-state index contributed by atoms with van der Waals surface area (Å²) in [4.78, 5) is 0. The van der Waals surface area contributed by atoms with E-state index in [-0.39, 0.29) is 0 Å². The van der Waals surface area contributed by atoms with Gasteiger partial charge in [-0.15, -0.1) is 21.8 Å². The van der Waals surface area contributed by atoms with Crippen molar-refractivity contribution in [3.05, 3.63) is 11.8 Å². The van der Waals surface area contributed by atoms with Crippen LogP contribution >= 0.6 is 11.6 Å². The summed E-state index contributed by atoms with van der Waals surface area (Å²) in [7, 11) is 0. The molecule has 0 atom stereocenters. The Bertz CT molecular complexity index is 268. The fraction of sp³-hybridized carbons (Fsp3) is 0.778. The van der Waals surface area contributed by atoms with Gasteiger partial charge in [0.1, 0.15) is 0 Å². The first-order valence-corrected chi connectivity index (χ1v) is 5.32. The van der Waals surface area contributed by atoms with Crippen LogP contribution in [-0.2, 0) is 6.42 Å². The average Bonchev–Trinajstić information content (AvgIpc) is 2.70. The van der Waals surface area contributed by atoms with Gasteiger partial charge < -0.3 is 4.42 Å². The molecule has 4 heteroatoms. The molecule has 72 valence electrons. The van der Waals surface area contributed by atoms with E-state index in [4.69, 9.17) is 16.0 Å². The molecule has 0 radical (unpaired) electrons. The van der Waals surface area contributed by atoms with Crippen molar-refractivity contribution in [2.45, 2.75) is 38.0 Å². The monoisotopic (exact) mass is 200 g/mol. The van der Waals surface area contributed by atoms with Gasteiger partial charge in [-0.3, -0.25) is 0 Å². The summed E-state index contributed by atoms with van der Waals surface area (Å²) >= 11 is 5.58. The second kappa shape index (κ2) is 4.09. The smallest absolute Gasteiger partial charge is 0.219 e. The molecule has 0 N–H and O–H groups in total. The summed E-state index contributed by atoms with van der Waals surface area (Å²) in [5, 5.41) is 7.99. The van der Waals surface area contributed by atoms with E-state index in [0.29, 0.717) is 24.1 Å². The molecule has 1 heterocycles. The topological polar surface area (TPSA) is 38.9 Å². The van der Waals surface area contributed by atoms with Gasteiger partial charge >= 0.3 is 0 Å². The van der Waals surface area contributed by atoms with Gasteiger partial charge in [-0.05, 0) is 12.8 Å². The van der Waals surface area contributed by atoms with Gasteiger partial charge in [0.2, 0.25) is 11.8 Å². The van der Waals surface area contributed by atoms with Crippen molar-refractivity contribution in [3.8, 4) is 0 Å². The zero-order valence-electron chi connectivity index (χ0n) is 7.50. The fourth-order valence-electron chi connectivity index (χ4n) is 1.79. The van der Waals surface area contributed by atoms with Crippen LogP contribution in [0.2, 0.25) is 0 Å². The van der Waals surface area contributed by atoms with Crippen LogP contribution in [0.1, 0.15) is 43.4 Å². The van der Waals surface area contributed by atoms with Crippen LogP contribution in [0.3, 0.4) is 0 Å². The molecule has 3 nitrogen and oxygen atoms in total. The van der Waals surface area contributed by atoms with Crippen LogP contribution < -0.4 is 0 Å². The molecule has 1 aromatic rings. The predicted octanol–water partition coefficient (Wildman–Crippen LogP) is 2.51. The van der Waals surface area contributed by atoms with Crippen LogP contribution in [0.4, 0.5) is 0 Å². The maximum Gasteiger partial charge on any atom is 0.219 e. The first kappa shape index (κ1) is 9.00. The Morgan fingerprint density at radius 2 is 2.08 bits per heavy atom. The maximum atomic E-state index is 5.58. The fourth-order valence-corrected chi connectivity index (χ4v) is 1.95. The molecular formula is C9H13ClN2O. The zero-order chi connectivity index (χ0) is 9.10. The Hall–Kier alpha value is -0.570. The zero-order valence-corrected chi connectivity index (χ0v) is 8.26. The Kier molecular flexibility index (Phi) is 2.83. The van der Waals surface area contributed by atoms with Gasteiger partial charge in [0.05, 0.1) is 0 Å². The Morgan fingerprint density at radius 1 is 1.31 bits per heavy atom. The van der Waals surface area contributed by atoms with Crippen molar-refractivity contribution >= 4 is 11.6 Å².